The van der Waals surface area contributed by atoms with Crippen LogP contribution in [0.3, 0.4) is 0 Å². The summed E-state index contributed by atoms with van der Waals surface area (Å²) in [4.78, 5) is 26.3. The molecule has 0 radical (unpaired) electrons. The minimum Gasteiger partial charge on any atom is -0.488 e. The van der Waals surface area contributed by atoms with Crippen molar-refractivity contribution in [2.45, 2.75) is 64.8 Å². The van der Waals surface area contributed by atoms with Gasteiger partial charge in [-0.3, -0.25) is 9.59 Å². The number of ether oxygens (including phenoxy) is 3. The number of carbonyl (C=O) groups is 2. The molecule has 220 valence electrons. The van der Waals surface area contributed by atoms with Crippen molar-refractivity contribution in [2.75, 3.05) is 37.7 Å². The molecule has 3 N–H and O–H groups in total. The van der Waals surface area contributed by atoms with Crippen LogP contribution in [0, 0.1) is 0 Å². The van der Waals surface area contributed by atoms with E-state index in [4.69, 9.17) is 19.9 Å². The van der Waals surface area contributed by atoms with E-state index in [0.29, 0.717) is 37.9 Å². The molecule has 1 atom stereocenters. The first-order chi connectivity index (χ1) is 18.9. The van der Waals surface area contributed by atoms with Crippen molar-refractivity contribution in [3.8, 4) is 11.5 Å². The Balaban J connectivity index is 1.52. The average molecular weight is 566 g/mol. The minimum atomic E-state index is -4.43. The Hall–Kier alpha value is -3.47. The van der Waals surface area contributed by atoms with E-state index < -0.39 is 18.7 Å². The number of benzene rings is 2. The highest BCUT2D eigenvalue weighted by atomic mass is 19.4. The third kappa shape index (κ3) is 9.62. The minimum absolute atomic E-state index is 0.0311. The van der Waals surface area contributed by atoms with Crippen LogP contribution >= 0.6 is 0 Å². The summed E-state index contributed by atoms with van der Waals surface area (Å²) < 4.78 is 53.2. The van der Waals surface area contributed by atoms with E-state index in [1.165, 1.54) is 6.07 Å². The second kappa shape index (κ2) is 14.2. The van der Waals surface area contributed by atoms with Crippen LogP contribution in [-0.2, 0) is 22.4 Å². The van der Waals surface area contributed by atoms with Crippen molar-refractivity contribution in [1.29, 1.82) is 0 Å². The van der Waals surface area contributed by atoms with Gasteiger partial charge in [-0.1, -0.05) is 18.2 Å². The number of nitrogens with two attached hydrogens (primary N) is 1. The summed E-state index contributed by atoms with van der Waals surface area (Å²) in [5, 5.41) is 3.34. The molecule has 0 fully saturated rings. The summed E-state index contributed by atoms with van der Waals surface area (Å²) in [6.07, 6.45) is -2.23. The molecule has 1 unspecified atom stereocenters. The lowest BCUT2D eigenvalue weighted by molar-refractivity contribution is -0.153. The molecule has 0 aromatic heterocycles. The number of para-hydroxylation sites is 2. The maximum absolute atomic E-state index is 12.5. The fourth-order valence-electron chi connectivity index (χ4n) is 4.70. The standard InChI is InChI=1S/C29H38F3N3O5/c1-19(2)40-26(36)9-6-12-35-13-10-22-16-21(17-23(27(22)35)28(33)37)15-20(3)34-11-14-38-24-7-4-5-8-25(24)39-18-29(30,31)32/h4-5,7-8,16-17,19-20,34H,6,9-15,18H2,1-3H3,(H2,33,37). The third-order valence-corrected chi connectivity index (χ3v) is 6.29. The van der Waals surface area contributed by atoms with Crippen molar-refractivity contribution in [2.24, 2.45) is 5.73 Å². The lowest BCUT2D eigenvalue weighted by atomic mass is 9.98. The molecular formula is C29H38F3N3O5. The first-order valence-corrected chi connectivity index (χ1v) is 13.5. The first kappa shape index (κ1) is 31.1. The van der Waals surface area contributed by atoms with E-state index in [0.717, 1.165) is 29.8 Å². The highest BCUT2D eigenvalue weighted by molar-refractivity contribution is 6.00. The number of nitrogens with one attached hydrogen (secondary N) is 1. The van der Waals surface area contributed by atoms with Crippen LogP contribution in [0.15, 0.2) is 36.4 Å². The largest absolute Gasteiger partial charge is 0.488 e. The number of nitrogens with zero attached hydrogens (tertiary/aromatic N) is 1. The number of halogens is 3. The summed E-state index contributed by atoms with van der Waals surface area (Å²) in [6.45, 7) is 6.30. The molecule has 0 aliphatic carbocycles. The molecule has 0 saturated carbocycles. The highest BCUT2D eigenvalue weighted by Crippen LogP contribution is 2.34. The van der Waals surface area contributed by atoms with E-state index in [9.17, 15) is 22.8 Å². The maximum Gasteiger partial charge on any atom is 0.422 e. The Bertz CT molecular complexity index is 1160. The van der Waals surface area contributed by atoms with Gasteiger partial charge >= 0.3 is 12.1 Å². The van der Waals surface area contributed by atoms with Crippen LogP contribution in [0.5, 0.6) is 11.5 Å². The number of alkyl halides is 3. The quantitative estimate of drug-likeness (QED) is 0.243. The second-order valence-corrected chi connectivity index (χ2v) is 10.2. The van der Waals surface area contributed by atoms with Gasteiger partial charge in [-0.25, -0.2) is 0 Å². The number of carbonyl (C=O) groups excluding carboxylic acids is 2. The van der Waals surface area contributed by atoms with Crippen molar-refractivity contribution < 1.29 is 37.0 Å². The zero-order valence-corrected chi connectivity index (χ0v) is 23.2. The summed E-state index contributed by atoms with van der Waals surface area (Å²) in [6, 6.07) is 10.2. The third-order valence-electron chi connectivity index (χ3n) is 6.29. The van der Waals surface area contributed by atoms with Crippen LogP contribution in [0.1, 0.15) is 55.1 Å². The Morgan fingerprint density at radius 2 is 1.80 bits per heavy atom. The van der Waals surface area contributed by atoms with Gasteiger partial charge in [0.05, 0.1) is 17.4 Å². The summed E-state index contributed by atoms with van der Waals surface area (Å²) in [7, 11) is 0. The van der Waals surface area contributed by atoms with Crippen molar-refractivity contribution >= 4 is 17.6 Å². The van der Waals surface area contributed by atoms with Crippen molar-refractivity contribution in [3.63, 3.8) is 0 Å². The van der Waals surface area contributed by atoms with Crippen molar-refractivity contribution in [1.82, 2.24) is 5.32 Å². The number of primary amides is 1. The Morgan fingerprint density at radius 1 is 1.10 bits per heavy atom. The molecule has 1 aliphatic rings. The molecule has 1 aliphatic heterocycles. The van der Waals surface area contributed by atoms with Gasteiger partial charge in [-0.2, -0.15) is 13.2 Å². The van der Waals surface area contributed by atoms with Gasteiger partial charge in [0, 0.05) is 32.1 Å². The van der Waals surface area contributed by atoms with Crippen LogP contribution < -0.4 is 25.4 Å². The number of hydrogen-bond acceptors (Lipinski definition) is 7. The lowest BCUT2D eigenvalue weighted by Gasteiger charge is -2.22. The Morgan fingerprint density at radius 3 is 2.45 bits per heavy atom. The predicted molar refractivity (Wildman–Crippen MR) is 146 cm³/mol. The highest BCUT2D eigenvalue weighted by Gasteiger charge is 2.29. The molecule has 8 nitrogen and oxygen atoms in total. The van der Waals surface area contributed by atoms with Gasteiger partial charge in [-0.05, 0) is 69.4 Å². The number of amides is 1. The Labute approximate surface area is 232 Å². The van der Waals surface area contributed by atoms with Gasteiger partial charge in [0.1, 0.15) is 6.61 Å². The lowest BCUT2D eigenvalue weighted by Crippen LogP contribution is -2.32. The molecule has 0 bridgehead atoms. The predicted octanol–water partition coefficient (Wildman–Crippen LogP) is 4.42. The van der Waals surface area contributed by atoms with Gasteiger partial charge in [-0.15, -0.1) is 0 Å². The fourth-order valence-corrected chi connectivity index (χ4v) is 4.70. The van der Waals surface area contributed by atoms with E-state index in [1.54, 1.807) is 18.2 Å². The van der Waals surface area contributed by atoms with E-state index in [-0.39, 0.29) is 36.2 Å². The summed E-state index contributed by atoms with van der Waals surface area (Å²) >= 11 is 0. The van der Waals surface area contributed by atoms with Gasteiger partial charge < -0.3 is 30.2 Å². The second-order valence-electron chi connectivity index (χ2n) is 10.2. The molecular weight excluding hydrogens is 527 g/mol. The summed E-state index contributed by atoms with van der Waals surface area (Å²) in [5.74, 6) is -0.447. The normalized spacial score (nSPS) is 13.7. The van der Waals surface area contributed by atoms with Gasteiger partial charge in [0.15, 0.2) is 18.1 Å². The molecule has 2 aromatic carbocycles. The monoisotopic (exact) mass is 565 g/mol. The van der Waals surface area contributed by atoms with Crippen LogP contribution in [0.4, 0.5) is 18.9 Å². The zero-order chi connectivity index (χ0) is 29.3. The molecule has 0 saturated heterocycles. The maximum atomic E-state index is 12.5. The summed E-state index contributed by atoms with van der Waals surface area (Å²) in [5.41, 5.74) is 9.09. The van der Waals surface area contributed by atoms with E-state index in [1.807, 2.05) is 26.8 Å². The fraction of sp³-hybridized carbons (Fsp3) is 0.517. The topological polar surface area (TPSA) is 103 Å². The number of fused-ring (bicyclic) bond motifs is 1. The SMILES string of the molecule is CC(Cc1cc2c(c(C(N)=O)c1)N(CCCC(=O)OC(C)C)CC2)NCCOc1ccccc1OCC(F)(F)F. The first-order valence-electron chi connectivity index (χ1n) is 13.5. The molecule has 11 heteroatoms. The van der Waals surface area contributed by atoms with E-state index in [2.05, 4.69) is 16.3 Å². The molecule has 0 spiro atoms. The smallest absolute Gasteiger partial charge is 0.422 e. The number of esters is 1. The number of anilines is 1. The molecule has 3 rings (SSSR count). The molecule has 2 aromatic rings. The molecule has 1 heterocycles. The number of hydrogen-bond donors (Lipinski definition) is 2. The number of rotatable bonds is 15. The van der Waals surface area contributed by atoms with E-state index >= 15 is 0 Å². The average Bonchev–Trinajstić information content (AvgIpc) is 3.27. The van der Waals surface area contributed by atoms with Crippen LogP contribution in [-0.4, -0.2) is 63.0 Å². The van der Waals surface area contributed by atoms with Crippen LogP contribution in [0.2, 0.25) is 0 Å². The van der Waals surface area contributed by atoms with Gasteiger partial charge in [0.2, 0.25) is 0 Å². The molecule has 1 amide bonds. The van der Waals surface area contributed by atoms with Gasteiger partial charge in [0.25, 0.3) is 5.91 Å². The zero-order valence-electron chi connectivity index (χ0n) is 23.2. The molecule has 40 heavy (non-hydrogen) atoms. The van der Waals surface area contributed by atoms with Crippen LogP contribution in [0.25, 0.3) is 0 Å². The van der Waals surface area contributed by atoms with Crippen molar-refractivity contribution in [3.05, 3.63) is 53.1 Å². The Kier molecular flexibility index (Phi) is 11.1.